The quantitative estimate of drug-likeness (QED) is 0.370. The Hall–Kier alpha value is -1.14. The fourth-order valence-electron chi connectivity index (χ4n) is 5.17. The van der Waals surface area contributed by atoms with Crippen LogP contribution in [0.15, 0.2) is 23.8 Å². The monoisotopic (exact) mass is 508 g/mol. The molecule has 2 aromatic rings. The first kappa shape index (κ1) is 28.9. The van der Waals surface area contributed by atoms with Gasteiger partial charge in [0.15, 0.2) is 0 Å². The third-order valence-corrected chi connectivity index (χ3v) is 6.58. The van der Waals surface area contributed by atoms with Gasteiger partial charge in [0.25, 0.3) is 0 Å². The maximum absolute atomic E-state index is 6.01. The van der Waals surface area contributed by atoms with E-state index >= 15 is 0 Å². The van der Waals surface area contributed by atoms with Gasteiger partial charge in [-0.05, 0) is 89.0 Å². The van der Waals surface area contributed by atoms with Crippen LogP contribution in [-0.2, 0) is 56.3 Å². The molecular weight excluding hydrogens is 468 g/mol. The van der Waals surface area contributed by atoms with Gasteiger partial charge in [0.1, 0.15) is 5.75 Å². The van der Waals surface area contributed by atoms with Crippen LogP contribution in [0.25, 0.3) is 17.2 Å². The number of benzene rings is 2. The van der Waals surface area contributed by atoms with E-state index in [0.717, 1.165) is 12.2 Å². The van der Waals surface area contributed by atoms with Gasteiger partial charge in [0.2, 0.25) is 0 Å². The standard InChI is InChI=1S/C28H36O.2CH3.Zr/c1-17-12-19-14-18-10-9-11-21(18)25(22(19)13-17)20-15-23(27(2,3)4)26(29-8)24(16-20)28(5,6)7;;;/h13-16H,9-12H2,1-8H3;2*1H3;/q;2*-1;+2. The van der Waals surface area contributed by atoms with E-state index < -0.39 is 0 Å². The zero-order chi connectivity index (χ0) is 21.1. The fraction of sp³-hybridized carbons (Fsp3) is 0.467. The van der Waals surface area contributed by atoms with Crippen LogP contribution >= 0.6 is 0 Å². The Labute approximate surface area is 217 Å². The summed E-state index contributed by atoms with van der Waals surface area (Å²) in [7, 11) is 1.82. The predicted octanol–water partition coefficient (Wildman–Crippen LogP) is 8.30. The summed E-state index contributed by atoms with van der Waals surface area (Å²) in [6.07, 6.45) is 7.24. The Bertz CT molecular complexity index is 978. The fourth-order valence-corrected chi connectivity index (χ4v) is 5.17. The minimum Gasteiger partial charge on any atom is -0.496 e. The second kappa shape index (κ2) is 10.0. The van der Waals surface area contributed by atoms with Crippen LogP contribution < -0.4 is 4.74 Å². The van der Waals surface area contributed by atoms with Crippen LogP contribution in [0, 0.1) is 14.9 Å². The van der Waals surface area contributed by atoms with Crippen molar-refractivity contribution in [3.8, 4) is 16.9 Å². The molecule has 0 bridgehead atoms. The molecule has 0 unspecified atom stereocenters. The summed E-state index contributed by atoms with van der Waals surface area (Å²) in [4.78, 5) is 0. The van der Waals surface area contributed by atoms with E-state index in [9.17, 15) is 0 Å². The molecule has 0 fully saturated rings. The van der Waals surface area contributed by atoms with Crippen molar-refractivity contribution in [2.75, 3.05) is 7.11 Å². The summed E-state index contributed by atoms with van der Waals surface area (Å²) in [5, 5.41) is 0. The van der Waals surface area contributed by atoms with Crippen LogP contribution in [0.3, 0.4) is 0 Å². The van der Waals surface area contributed by atoms with E-state index in [4.69, 9.17) is 4.74 Å². The second-order valence-electron chi connectivity index (χ2n) is 11.1. The summed E-state index contributed by atoms with van der Waals surface area (Å²) in [5.41, 5.74) is 13.2. The van der Waals surface area contributed by atoms with Gasteiger partial charge in [0.05, 0.1) is 7.11 Å². The third kappa shape index (κ3) is 5.01. The van der Waals surface area contributed by atoms with Gasteiger partial charge in [-0.3, -0.25) is 0 Å². The summed E-state index contributed by atoms with van der Waals surface area (Å²) < 4.78 is 6.01. The van der Waals surface area contributed by atoms with Crippen molar-refractivity contribution in [3.05, 3.63) is 72.0 Å². The minimum absolute atomic E-state index is 0. The molecule has 32 heavy (non-hydrogen) atoms. The molecular formula is C30H42OZr. The summed E-state index contributed by atoms with van der Waals surface area (Å²) >= 11 is 0. The maximum Gasteiger partial charge on any atom is 2.00 e. The molecule has 2 aliphatic rings. The van der Waals surface area contributed by atoms with Crippen molar-refractivity contribution in [1.82, 2.24) is 0 Å². The molecule has 0 saturated heterocycles. The first-order valence-electron chi connectivity index (χ1n) is 11.1. The smallest absolute Gasteiger partial charge is 0.496 e. The van der Waals surface area contributed by atoms with Crippen molar-refractivity contribution in [3.63, 3.8) is 0 Å². The van der Waals surface area contributed by atoms with Crippen LogP contribution in [0.2, 0.25) is 0 Å². The first-order chi connectivity index (χ1) is 13.5. The number of aryl methyl sites for hydroxylation is 1. The van der Waals surface area contributed by atoms with Gasteiger partial charge in [-0.25, -0.2) is 0 Å². The average molecular weight is 510 g/mol. The number of hydrogen-bond acceptors (Lipinski definition) is 1. The van der Waals surface area contributed by atoms with E-state index in [-0.39, 0.29) is 51.9 Å². The van der Waals surface area contributed by atoms with E-state index in [1.54, 1.807) is 11.1 Å². The largest absolute Gasteiger partial charge is 2.00 e. The zero-order valence-electron chi connectivity index (χ0n) is 22.0. The number of fused-ring (bicyclic) bond motifs is 2. The molecule has 172 valence electrons. The molecule has 2 aromatic carbocycles. The van der Waals surface area contributed by atoms with Gasteiger partial charge < -0.3 is 19.6 Å². The van der Waals surface area contributed by atoms with Crippen LogP contribution in [-0.4, -0.2) is 7.11 Å². The second-order valence-corrected chi connectivity index (χ2v) is 11.1. The molecule has 0 radical (unpaired) electrons. The van der Waals surface area contributed by atoms with E-state index in [1.807, 2.05) is 7.11 Å². The minimum atomic E-state index is 0. The summed E-state index contributed by atoms with van der Waals surface area (Å²) in [6, 6.07) is 7.33. The first-order valence-corrected chi connectivity index (χ1v) is 11.1. The Morgan fingerprint density at radius 3 is 1.88 bits per heavy atom. The van der Waals surface area contributed by atoms with Gasteiger partial charge in [0, 0.05) is 11.1 Å². The summed E-state index contributed by atoms with van der Waals surface area (Å²) in [5.74, 6) is 1.06. The molecule has 0 aliphatic heterocycles. The molecule has 0 atom stereocenters. The van der Waals surface area contributed by atoms with Crippen LogP contribution in [0.1, 0.15) is 88.3 Å². The molecule has 0 heterocycles. The van der Waals surface area contributed by atoms with Crippen LogP contribution in [0.4, 0.5) is 0 Å². The van der Waals surface area contributed by atoms with E-state index in [0.29, 0.717) is 0 Å². The zero-order valence-corrected chi connectivity index (χ0v) is 24.5. The molecule has 0 aromatic heterocycles. The third-order valence-electron chi connectivity index (χ3n) is 6.58. The topological polar surface area (TPSA) is 9.23 Å². The van der Waals surface area contributed by atoms with E-state index in [1.165, 1.54) is 58.2 Å². The normalized spacial score (nSPS) is 14.4. The molecule has 0 spiro atoms. The van der Waals surface area contributed by atoms with Crippen LogP contribution in [0.5, 0.6) is 5.75 Å². The maximum atomic E-state index is 6.01. The van der Waals surface area contributed by atoms with Crippen molar-refractivity contribution in [2.45, 2.75) is 85.0 Å². The van der Waals surface area contributed by atoms with Gasteiger partial charge in [-0.15, -0.1) is 0 Å². The molecule has 2 aliphatic carbocycles. The predicted molar refractivity (Wildman–Crippen MR) is 138 cm³/mol. The van der Waals surface area contributed by atoms with E-state index in [2.05, 4.69) is 72.7 Å². The van der Waals surface area contributed by atoms with Gasteiger partial charge in [-0.1, -0.05) is 59.3 Å². The number of hydrogen-bond donors (Lipinski definition) is 0. The Morgan fingerprint density at radius 1 is 0.812 bits per heavy atom. The molecule has 0 saturated carbocycles. The molecule has 1 nitrogen and oxygen atoms in total. The Morgan fingerprint density at radius 2 is 1.38 bits per heavy atom. The van der Waals surface area contributed by atoms with Crippen molar-refractivity contribution < 1.29 is 30.9 Å². The Balaban J connectivity index is 0.00000171. The van der Waals surface area contributed by atoms with Crippen molar-refractivity contribution in [2.24, 2.45) is 0 Å². The average Bonchev–Trinajstić information content (AvgIpc) is 3.21. The number of methoxy groups -OCH3 is 1. The van der Waals surface area contributed by atoms with Gasteiger partial charge in [-0.2, -0.15) is 0 Å². The molecule has 4 rings (SSSR count). The number of rotatable bonds is 2. The molecule has 0 amide bonds. The SMILES string of the molecule is COc1c(C(C)(C)C)cc(-c2c3c(cc4c2CCC4)CC(C)=C3)cc1C(C)(C)C.[CH3-].[CH3-].[Zr+2]. The summed E-state index contributed by atoms with van der Waals surface area (Å²) in [6.45, 7) is 16.0. The van der Waals surface area contributed by atoms with Gasteiger partial charge >= 0.3 is 26.2 Å². The van der Waals surface area contributed by atoms with Crippen molar-refractivity contribution >= 4 is 6.08 Å². The van der Waals surface area contributed by atoms with Crippen molar-refractivity contribution in [1.29, 1.82) is 0 Å². The molecule has 0 N–H and O–H groups in total. The molecule has 2 heteroatoms. The number of allylic oxidation sites excluding steroid dienone is 1. The number of ether oxygens (including phenoxy) is 1. The Kier molecular flexibility index (Phi) is 9.04.